The number of amides is 2. The molecule has 2 fully saturated rings. The molecule has 1 aliphatic heterocycles. The summed E-state index contributed by atoms with van der Waals surface area (Å²) in [5, 5.41) is 3.59. The van der Waals surface area contributed by atoms with E-state index in [-0.39, 0.29) is 17.9 Å². The van der Waals surface area contributed by atoms with Gasteiger partial charge < -0.3 is 15.0 Å². The molecule has 1 aliphatic carbocycles. The Labute approximate surface area is 169 Å². The Hall–Kier alpha value is -2.53. The van der Waals surface area contributed by atoms with Gasteiger partial charge in [0.1, 0.15) is 12.4 Å². The Morgan fingerprint density at radius 2 is 1.68 bits per heavy atom. The first kappa shape index (κ1) is 18.8. The van der Waals surface area contributed by atoms with Crippen LogP contribution in [-0.4, -0.2) is 41.9 Å². The summed E-state index contributed by atoms with van der Waals surface area (Å²) in [5.41, 5.74) is 1.28. The molecule has 5 nitrogen and oxygen atoms in total. The zero-order chi connectivity index (χ0) is 19.5. The molecule has 2 aliphatic rings. The highest BCUT2D eigenvalue weighted by Gasteiger charge is 2.30. The third kappa shape index (κ3) is 4.47. The molecule has 28 heavy (non-hydrogen) atoms. The molecule has 2 aromatic rings. The maximum Gasteiger partial charge on any atom is 0.254 e. The first-order chi connectivity index (χ1) is 13.6. The van der Waals surface area contributed by atoms with E-state index < -0.39 is 0 Å². The van der Waals surface area contributed by atoms with Crippen LogP contribution in [0.2, 0.25) is 5.02 Å². The van der Waals surface area contributed by atoms with Gasteiger partial charge in [-0.3, -0.25) is 9.59 Å². The Kier molecular flexibility index (Phi) is 5.53. The lowest BCUT2D eigenvalue weighted by Gasteiger charge is -2.25. The topological polar surface area (TPSA) is 58.6 Å². The van der Waals surface area contributed by atoms with Crippen molar-refractivity contribution in [2.45, 2.75) is 37.8 Å². The third-order valence-corrected chi connectivity index (χ3v) is 5.45. The van der Waals surface area contributed by atoms with Crippen molar-refractivity contribution in [1.29, 1.82) is 0 Å². The summed E-state index contributed by atoms with van der Waals surface area (Å²) in [6.07, 6.45) is 4.02. The van der Waals surface area contributed by atoms with Gasteiger partial charge in [0.25, 0.3) is 11.8 Å². The van der Waals surface area contributed by atoms with Crippen LogP contribution in [0.4, 0.5) is 0 Å². The van der Waals surface area contributed by atoms with E-state index in [0.29, 0.717) is 34.5 Å². The van der Waals surface area contributed by atoms with Crippen LogP contribution < -0.4 is 10.1 Å². The molecule has 146 valence electrons. The summed E-state index contributed by atoms with van der Waals surface area (Å²) in [4.78, 5) is 26.7. The minimum absolute atomic E-state index is 0.00913. The lowest BCUT2D eigenvalue weighted by atomic mass is 10.1. The lowest BCUT2D eigenvalue weighted by Crippen LogP contribution is -2.39. The number of likely N-dealkylation sites (tertiary alicyclic amines) is 1. The summed E-state index contributed by atoms with van der Waals surface area (Å²) in [6.45, 7) is 1.17. The second kappa shape index (κ2) is 8.23. The Morgan fingerprint density at radius 3 is 2.36 bits per heavy atom. The Balaban J connectivity index is 1.33. The van der Waals surface area contributed by atoms with Crippen molar-refractivity contribution >= 4 is 23.4 Å². The number of benzene rings is 2. The molecule has 1 saturated heterocycles. The van der Waals surface area contributed by atoms with Gasteiger partial charge in [-0.2, -0.15) is 0 Å². The molecular weight excluding hydrogens is 376 g/mol. The van der Waals surface area contributed by atoms with Crippen LogP contribution in [-0.2, 0) is 0 Å². The largest absolute Gasteiger partial charge is 0.491 e. The molecule has 0 spiro atoms. The molecule has 1 saturated carbocycles. The van der Waals surface area contributed by atoms with Crippen molar-refractivity contribution < 1.29 is 14.3 Å². The molecule has 0 bridgehead atoms. The van der Waals surface area contributed by atoms with Gasteiger partial charge in [-0.25, -0.2) is 0 Å². The standard InChI is InChI=1S/C22H23ClN2O3/c23-17-7-3-16(4-8-17)22(27)25-13-1-2-19(25)14-28-20-11-5-15(6-12-20)21(26)24-18-9-10-18/h3-8,11-12,18-19H,1-2,9-10,13-14H2,(H,24,26). The normalized spacial score (nSPS) is 18.8. The number of ether oxygens (including phenoxy) is 1. The first-order valence-electron chi connectivity index (χ1n) is 9.70. The van der Waals surface area contributed by atoms with Crippen LogP contribution in [0, 0.1) is 0 Å². The van der Waals surface area contributed by atoms with Crippen LogP contribution in [0.5, 0.6) is 5.75 Å². The van der Waals surface area contributed by atoms with Crippen LogP contribution in [0.15, 0.2) is 48.5 Å². The number of nitrogens with one attached hydrogen (secondary N) is 1. The summed E-state index contributed by atoms with van der Waals surface area (Å²) >= 11 is 5.91. The number of hydrogen-bond donors (Lipinski definition) is 1. The van der Waals surface area contributed by atoms with E-state index in [2.05, 4.69) is 5.32 Å². The van der Waals surface area contributed by atoms with Gasteiger partial charge in [-0.05, 0) is 74.2 Å². The average molecular weight is 399 g/mol. The maximum absolute atomic E-state index is 12.8. The fourth-order valence-electron chi connectivity index (χ4n) is 3.43. The molecular formula is C22H23ClN2O3. The summed E-state index contributed by atoms with van der Waals surface area (Å²) in [6, 6.07) is 14.5. The predicted molar refractivity (Wildman–Crippen MR) is 108 cm³/mol. The second-order valence-corrected chi connectivity index (χ2v) is 7.82. The number of nitrogens with zero attached hydrogens (tertiary/aromatic N) is 1. The van der Waals surface area contributed by atoms with E-state index >= 15 is 0 Å². The van der Waals surface area contributed by atoms with E-state index in [1.165, 1.54) is 0 Å². The highest BCUT2D eigenvalue weighted by Crippen LogP contribution is 2.23. The smallest absolute Gasteiger partial charge is 0.254 e. The summed E-state index contributed by atoms with van der Waals surface area (Å²) < 4.78 is 5.91. The van der Waals surface area contributed by atoms with Crippen LogP contribution in [0.1, 0.15) is 46.4 Å². The van der Waals surface area contributed by atoms with Gasteiger partial charge in [0, 0.05) is 28.7 Å². The van der Waals surface area contributed by atoms with E-state index in [0.717, 1.165) is 32.2 Å². The highest BCUT2D eigenvalue weighted by atomic mass is 35.5. The molecule has 6 heteroatoms. The molecule has 1 N–H and O–H groups in total. The van der Waals surface area contributed by atoms with E-state index in [9.17, 15) is 9.59 Å². The summed E-state index contributed by atoms with van der Waals surface area (Å²) in [7, 11) is 0. The van der Waals surface area contributed by atoms with Crippen molar-refractivity contribution in [2.75, 3.05) is 13.2 Å². The average Bonchev–Trinajstić information content (AvgIpc) is 3.40. The van der Waals surface area contributed by atoms with Crippen molar-refractivity contribution in [3.8, 4) is 5.75 Å². The monoisotopic (exact) mass is 398 g/mol. The zero-order valence-electron chi connectivity index (χ0n) is 15.6. The lowest BCUT2D eigenvalue weighted by molar-refractivity contribution is 0.0691. The highest BCUT2D eigenvalue weighted by molar-refractivity contribution is 6.30. The predicted octanol–water partition coefficient (Wildman–Crippen LogP) is 3.92. The van der Waals surface area contributed by atoms with Crippen LogP contribution >= 0.6 is 11.6 Å². The fourth-order valence-corrected chi connectivity index (χ4v) is 3.55. The second-order valence-electron chi connectivity index (χ2n) is 7.38. The van der Waals surface area contributed by atoms with Crippen molar-refractivity contribution in [3.63, 3.8) is 0 Å². The molecule has 1 atom stereocenters. The minimum atomic E-state index is -0.0374. The van der Waals surface area contributed by atoms with E-state index in [1.54, 1.807) is 36.4 Å². The van der Waals surface area contributed by atoms with Gasteiger partial charge in [0.2, 0.25) is 0 Å². The third-order valence-electron chi connectivity index (χ3n) is 5.20. The van der Waals surface area contributed by atoms with Crippen LogP contribution in [0.3, 0.4) is 0 Å². The SMILES string of the molecule is O=C(NC1CC1)c1ccc(OCC2CCCN2C(=O)c2ccc(Cl)cc2)cc1. The Morgan fingerprint density at radius 1 is 1.00 bits per heavy atom. The fraction of sp³-hybridized carbons (Fsp3) is 0.364. The van der Waals surface area contributed by atoms with Crippen molar-refractivity contribution in [1.82, 2.24) is 10.2 Å². The molecule has 1 unspecified atom stereocenters. The number of carbonyl (C=O) groups excluding carboxylic acids is 2. The Bertz CT molecular complexity index is 847. The van der Waals surface area contributed by atoms with Gasteiger partial charge in [0.15, 0.2) is 0 Å². The molecule has 1 heterocycles. The molecule has 2 amide bonds. The van der Waals surface area contributed by atoms with Gasteiger partial charge in [-0.1, -0.05) is 11.6 Å². The number of rotatable bonds is 6. The molecule has 0 radical (unpaired) electrons. The number of carbonyl (C=O) groups is 2. The molecule has 0 aromatic heterocycles. The maximum atomic E-state index is 12.8. The van der Waals surface area contributed by atoms with Crippen molar-refractivity contribution in [3.05, 3.63) is 64.7 Å². The van der Waals surface area contributed by atoms with Gasteiger partial charge in [-0.15, -0.1) is 0 Å². The molecule has 2 aromatic carbocycles. The zero-order valence-corrected chi connectivity index (χ0v) is 16.3. The molecule has 4 rings (SSSR count). The number of halogens is 1. The number of hydrogen-bond acceptors (Lipinski definition) is 3. The van der Waals surface area contributed by atoms with E-state index in [1.807, 2.05) is 17.0 Å². The van der Waals surface area contributed by atoms with E-state index in [4.69, 9.17) is 16.3 Å². The van der Waals surface area contributed by atoms with Crippen molar-refractivity contribution in [2.24, 2.45) is 0 Å². The van der Waals surface area contributed by atoms with Gasteiger partial charge in [0.05, 0.1) is 6.04 Å². The first-order valence-corrected chi connectivity index (χ1v) is 10.1. The quantitative estimate of drug-likeness (QED) is 0.802. The minimum Gasteiger partial charge on any atom is -0.491 e. The van der Waals surface area contributed by atoms with Gasteiger partial charge >= 0.3 is 0 Å². The summed E-state index contributed by atoms with van der Waals surface area (Å²) in [5.74, 6) is 0.674. The van der Waals surface area contributed by atoms with Crippen LogP contribution in [0.25, 0.3) is 0 Å².